The lowest BCUT2D eigenvalue weighted by molar-refractivity contribution is -0.139. The van der Waals surface area contributed by atoms with Crippen LogP contribution in [0.4, 0.5) is 0 Å². The fraction of sp³-hybridized carbons (Fsp3) is 0.444. The minimum Gasteiger partial charge on any atom is -0.477 e. The zero-order valence-electron chi connectivity index (χ0n) is 27.4. The summed E-state index contributed by atoms with van der Waals surface area (Å²) in [6, 6.07) is 12.3. The van der Waals surface area contributed by atoms with E-state index in [4.69, 9.17) is 9.72 Å². The molecule has 0 bridgehead atoms. The second-order valence-electron chi connectivity index (χ2n) is 13.2. The molecule has 4 aromatic heterocycles. The summed E-state index contributed by atoms with van der Waals surface area (Å²) in [4.78, 5) is 41.3. The van der Waals surface area contributed by atoms with Crippen LogP contribution in [0.5, 0.6) is 0 Å². The number of aryl methyl sites for hydroxylation is 2. The first-order chi connectivity index (χ1) is 22.7. The van der Waals surface area contributed by atoms with E-state index in [1.165, 1.54) is 23.3 Å². The molecule has 9 nitrogen and oxygen atoms in total. The van der Waals surface area contributed by atoms with Crippen molar-refractivity contribution in [2.75, 3.05) is 40.3 Å². The predicted molar refractivity (Wildman–Crippen MR) is 189 cm³/mol. The van der Waals surface area contributed by atoms with E-state index in [2.05, 4.69) is 44.8 Å². The van der Waals surface area contributed by atoms with Crippen molar-refractivity contribution in [3.05, 3.63) is 57.5 Å². The summed E-state index contributed by atoms with van der Waals surface area (Å²) in [6.07, 6.45) is 5.58. The number of rotatable bonds is 8. The highest BCUT2D eigenvalue weighted by molar-refractivity contribution is 7.21. The number of carboxylic acid groups (broad SMARTS) is 1. The number of carbonyl (C=O) groups is 2. The summed E-state index contributed by atoms with van der Waals surface area (Å²) in [5, 5.41) is 12.1. The molecule has 5 heterocycles. The summed E-state index contributed by atoms with van der Waals surface area (Å²) in [5.41, 5.74) is 6.89. The number of aromatic nitrogens is 3. The fourth-order valence-corrected chi connectivity index (χ4v) is 9.38. The number of carboxylic acids is 1. The summed E-state index contributed by atoms with van der Waals surface area (Å²) in [7, 11) is 4.02. The Morgan fingerprint density at radius 2 is 1.85 bits per heavy atom. The van der Waals surface area contributed by atoms with Crippen LogP contribution < -0.4 is 0 Å². The molecule has 11 heteroatoms. The number of ether oxygens (including phenoxy) is 1. The fourth-order valence-electron chi connectivity index (χ4n) is 7.37. The second-order valence-corrected chi connectivity index (χ2v) is 15.4. The molecule has 246 valence electrons. The lowest BCUT2D eigenvalue weighted by Gasteiger charge is -2.34. The first kappa shape index (κ1) is 31.9. The van der Waals surface area contributed by atoms with Crippen LogP contribution in [0, 0.1) is 13.8 Å². The number of hydrogen-bond donors (Lipinski definition) is 1. The van der Waals surface area contributed by atoms with Crippen molar-refractivity contribution < 1.29 is 19.4 Å². The first-order valence-corrected chi connectivity index (χ1v) is 18.1. The van der Waals surface area contributed by atoms with Gasteiger partial charge in [0.05, 0.1) is 55.4 Å². The first-order valence-electron chi connectivity index (χ1n) is 16.4. The minimum atomic E-state index is -0.932. The number of thiophene rings is 1. The van der Waals surface area contributed by atoms with Crippen molar-refractivity contribution in [2.45, 2.75) is 64.5 Å². The maximum atomic E-state index is 14.1. The van der Waals surface area contributed by atoms with E-state index in [-0.39, 0.29) is 18.6 Å². The molecule has 1 aliphatic carbocycles. The number of benzene rings is 1. The molecule has 1 saturated carbocycles. The maximum Gasteiger partial charge on any atom is 0.345 e. The number of hydrogen-bond acceptors (Lipinski definition) is 8. The van der Waals surface area contributed by atoms with Gasteiger partial charge in [0, 0.05) is 25.0 Å². The molecule has 1 atom stereocenters. The quantitative estimate of drug-likeness (QED) is 0.186. The molecule has 1 saturated heterocycles. The molecular formula is C36H41N5O4S2. The van der Waals surface area contributed by atoms with Gasteiger partial charge in [-0.05, 0) is 82.1 Å². The van der Waals surface area contributed by atoms with Crippen LogP contribution >= 0.6 is 22.7 Å². The molecule has 5 aromatic rings. The largest absolute Gasteiger partial charge is 0.477 e. The number of carbonyl (C=O) groups excluding carboxylic acids is 1. The Morgan fingerprint density at radius 3 is 2.57 bits per heavy atom. The number of fused-ring (bicyclic) bond motifs is 2. The van der Waals surface area contributed by atoms with Gasteiger partial charge < -0.3 is 24.2 Å². The standard InChI is InChI=1S/C36H41N5O4S2/c1-21-34(46-22(2)37-21)28-13-10-24-16-25(11-12-27(24)38-28)33-32(23-8-6-5-7-9-23)35-29(17-30(47-35)36(43)44)41(33)20-31(42)40-14-15-45-26(19-40)18-39(3)4/h10-13,16-17,23,26H,5-9,14-15,18-20H2,1-4H3,(H,43,44). The molecular weight excluding hydrogens is 631 g/mol. The van der Waals surface area contributed by atoms with Gasteiger partial charge in [-0.25, -0.2) is 14.8 Å². The van der Waals surface area contributed by atoms with Gasteiger partial charge in [0.15, 0.2) is 0 Å². The maximum absolute atomic E-state index is 14.1. The summed E-state index contributed by atoms with van der Waals surface area (Å²) >= 11 is 3.00. The van der Waals surface area contributed by atoms with Crippen LogP contribution in [-0.2, 0) is 16.1 Å². The number of amides is 1. The van der Waals surface area contributed by atoms with Crippen LogP contribution in [0.15, 0.2) is 36.4 Å². The van der Waals surface area contributed by atoms with Crippen LogP contribution in [0.3, 0.4) is 0 Å². The van der Waals surface area contributed by atoms with E-state index < -0.39 is 5.97 Å². The van der Waals surface area contributed by atoms with E-state index in [1.54, 1.807) is 17.4 Å². The van der Waals surface area contributed by atoms with Crippen molar-refractivity contribution in [1.82, 2.24) is 24.3 Å². The number of aromatic carboxylic acids is 1. The average Bonchev–Trinajstić information content (AvgIpc) is 3.72. The van der Waals surface area contributed by atoms with Gasteiger partial charge in [-0.1, -0.05) is 31.4 Å². The van der Waals surface area contributed by atoms with Gasteiger partial charge in [-0.3, -0.25) is 4.79 Å². The van der Waals surface area contributed by atoms with E-state index in [0.717, 1.165) is 85.9 Å². The van der Waals surface area contributed by atoms with Gasteiger partial charge in [0.25, 0.3) is 0 Å². The summed E-state index contributed by atoms with van der Waals surface area (Å²) < 4.78 is 9.07. The third-order valence-electron chi connectivity index (χ3n) is 9.45. The number of nitrogens with zero attached hydrogens (tertiary/aromatic N) is 5. The Labute approximate surface area is 282 Å². The molecule has 2 fully saturated rings. The normalized spacial score (nSPS) is 17.7. The van der Waals surface area contributed by atoms with Crippen molar-refractivity contribution in [3.63, 3.8) is 0 Å². The van der Waals surface area contributed by atoms with E-state index in [0.29, 0.717) is 30.5 Å². The Bertz CT molecular complexity index is 1970. The van der Waals surface area contributed by atoms with Crippen molar-refractivity contribution >= 4 is 55.7 Å². The molecule has 7 rings (SSSR count). The molecule has 1 aromatic carbocycles. The second kappa shape index (κ2) is 13.1. The van der Waals surface area contributed by atoms with E-state index in [1.807, 2.05) is 32.8 Å². The van der Waals surface area contributed by atoms with Gasteiger partial charge in [-0.2, -0.15) is 0 Å². The van der Waals surface area contributed by atoms with Crippen LogP contribution in [0.1, 0.15) is 64.0 Å². The molecule has 1 aliphatic heterocycles. The SMILES string of the molecule is Cc1nc(C)c(-c2ccc3cc(-c4c(C5CCCCC5)c5sc(C(=O)O)cc5n4CC(=O)N4CCOC(CN(C)C)C4)ccc3n2)s1. The highest BCUT2D eigenvalue weighted by Crippen LogP contribution is 2.47. The van der Waals surface area contributed by atoms with Crippen molar-refractivity contribution in [2.24, 2.45) is 0 Å². The number of pyridine rings is 1. The highest BCUT2D eigenvalue weighted by atomic mass is 32.1. The molecule has 2 aliphatic rings. The number of likely N-dealkylation sites (N-methyl/N-ethyl adjacent to an activating group) is 1. The number of thiazole rings is 1. The molecule has 47 heavy (non-hydrogen) atoms. The Kier molecular flexibility index (Phi) is 8.90. The third-order valence-corrected chi connectivity index (χ3v) is 11.7. The average molecular weight is 672 g/mol. The Hall–Kier alpha value is -3.64. The predicted octanol–water partition coefficient (Wildman–Crippen LogP) is 7.19. The summed E-state index contributed by atoms with van der Waals surface area (Å²) in [6.45, 7) is 6.52. The van der Waals surface area contributed by atoms with Crippen LogP contribution in [0.25, 0.3) is 42.9 Å². The molecule has 1 unspecified atom stereocenters. The van der Waals surface area contributed by atoms with E-state index >= 15 is 0 Å². The molecule has 1 N–H and O–H groups in total. The van der Waals surface area contributed by atoms with E-state index in [9.17, 15) is 14.7 Å². The van der Waals surface area contributed by atoms with Gasteiger partial charge >= 0.3 is 5.97 Å². The smallest absolute Gasteiger partial charge is 0.345 e. The van der Waals surface area contributed by atoms with Crippen molar-refractivity contribution in [3.8, 4) is 21.8 Å². The third kappa shape index (κ3) is 6.34. The van der Waals surface area contributed by atoms with Crippen LogP contribution in [0.2, 0.25) is 0 Å². The zero-order valence-corrected chi connectivity index (χ0v) is 29.0. The molecule has 0 spiro atoms. The topological polar surface area (TPSA) is 101 Å². The monoisotopic (exact) mass is 671 g/mol. The Balaban J connectivity index is 1.34. The van der Waals surface area contributed by atoms with Crippen molar-refractivity contribution in [1.29, 1.82) is 0 Å². The molecule has 1 amide bonds. The van der Waals surface area contributed by atoms with Gasteiger partial charge in [0.2, 0.25) is 5.91 Å². The number of morpholine rings is 1. The molecule has 0 radical (unpaired) electrons. The lowest BCUT2D eigenvalue weighted by atomic mass is 9.83. The highest BCUT2D eigenvalue weighted by Gasteiger charge is 2.31. The van der Waals surface area contributed by atoms with Gasteiger partial charge in [-0.15, -0.1) is 22.7 Å². The lowest BCUT2D eigenvalue weighted by Crippen LogP contribution is -2.49. The minimum absolute atomic E-state index is 0.0239. The zero-order chi connectivity index (χ0) is 32.8. The van der Waals surface area contributed by atoms with Crippen LogP contribution in [-0.4, -0.2) is 87.8 Å². The summed E-state index contributed by atoms with van der Waals surface area (Å²) in [5.74, 6) is -0.603. The Morgan fingerprint density at radius 1 is 1.04 bits per heavy atom. The van der Waals surface area contributed by atoms with Gasteiger partial charge in [0.1, 0.15) is 11.4 Å².